The quantitative estimate of drug-likeness (QED) is 0.336. The fraction of sp³-hybridized carbons (Fsp3) is 0.667. The first-order valence-corrected chi connectivity index (χ1v) is 1.39. The zero-order valence-corrected chi connectivity index (χ0v) is 4.93. The Morgan fingerprint density at radius 3 is 1.57 bits per heavy atom. The summed E-state index contributed by atoms with van der Waals surface area (Å²) in [5.74, 6) is 0. The molecule has 0 aliphatic rings. The van der Waals surface area contributed by atoms with Crippen LogP contribution in [0.2, 0.25) is 0 Å². The summed E-state index contributed by atoms with van der Waals surface area (Å²) in [7, 11) is 3.38. The standard InChI is InChI=1S/C3H7NO.Na.H2S.H/c1-4(2)3-5;;;/h3H,1-2H3;;1H2;. The van der Waals surface area contributed by atoms with Gasteiger partial charge in [-0.3, -0.25) is 4.79 Å². The van der Waals surface area contributed by atoms with Crippen LogP contribution >= 0.6 is 13.5 Å². The van der Waals surface area contributed by atoms with Crippen LogP contribution in [0.3, 0.4) is 0 Å². The second-order valence-electron chi connectivity index (χ2n) is 1.07. The van der Waals surface area contributed by atoms with E-state index in [1.165, 1.54) is 4.90 Å². The third-order valence-electron chi connectivity index (χ3n) is 0.211. The maximum absolute atomic E-state index is 9.43. The van der Waals surface area contributed by atoms with Crippen molar-refractivity contribution in [1.82, 2.24) is 4.90 Å². The Morgan fingerprint density at radius 2 is 1.57 bits per heavy atom. The van der Waals surface area contributed by atoms with Crippen molar-refractivity contribution < 1.29 is 4.79 Å². The minimum atomic E-state index is 0. The average molecular weight is 131 g/mol. The number of carbonyl (C=O) groups excluding carboxylic acids is 1. The molecule has 0 aliphatic heterocycles. The van der Waals surface area contributed by atoms with Crippen molar-refractivity contribution in [2.75, 3.05) is 14.1 Å². The van der Waals surface area contributed by atoms with E-state index in [-0.39, 0.29) is 43.1 Å². The third-order valence-corrected chi connectivity index (χ3v) is 0.211. The molecular formula is C3H10NNaOS. The van der Waals surface area contributed by atoms with Gasteiger partial charge < -0.3 is 4.90 Å². The molecule has 0 radical (unpaired) electrons. The Labute approximate surface area is 73.0 Å². The Morgan fingerprint density at radius 1 is 1.43 bits per heavy atom. The first-order chi connectivity index (χ1) is 2.27. The molecule has 0 N–H and O–H groups in total. The van der Waals surface area contributed by atoms with Gasteiger partial charge in [-0.1, -0.05) is 0 Å². The molecule has 0 saturated carbocycles. The molecule has 7 heavy (non-hydrogen) atoms. The second kappa shape index (κ2) is 9.94. The van der Waals surface area contributed by atoms with Gasteiger partial charge >= 0.3 is 29.6 Å². The van der Waals surface area contributed by atoms with Gasteiger partial charge in [-0.2, -0.15) is 13.5 Å². The zero-order chi connectivity index (χ0) is 4.28. The van der Waals surface area contributed by atoms with Crippen LogP contribution in [0.5, 0.6) is 0 Å². The Bertz CT molecular complexity index is 41.9. The average Bonchev–Trinajstić information content (AvgIpc) is 1.38. The summed E-state index contributed by atoms with van der Waals surface area (Å²) >= 11 is 0. The molecular weight excluding hydrogens is 121 g/mol. The molecule has 0 aliphatic carbocycles. The normalized spacial score (nSPS) is 4.86. The van der Waals surface area contributed by atoms with Gasteiger partial charge in [0.15, 0.2) is 0 Å². The van der Waals surface area contributed by atoms with Crippen LogP contribution in [0.15, 0.2) is 0 Å². The number of hydrogen-bond acceptors (Lipinski definition) is 1. The van der Waals surface area contributed by atoms with Crippen LogP contribution in [0, 0.1) is 0 Å². The molecule has 0 aromatic rings. The first kappa shape index (κ1) is 15.7. The van der Waals surface area contributed by atoms with E-state index >= 15 is 0 Å². The molecule has 0 rings (SSSR count). The van der Waals surface area contributed by atoms with Gasteiger partial charge in [-0.15, -0.1) is 0 Å². The minimum absolute atomic E-state index is 0. The van der Waals surface area contributed by atoms with E-state index in [9.17, 15) is 4.79 Å². The maximum atomic E-state index is 9.43. The van der Waals surface area contributed by atoms with Crippen LogP contribution in [-0.4, -0.2) is 55.0 Å². The van der Waals surface area contributed by atoms with Crippen molar-refractivity contribution >= 4 is 49.5 Å². The summed E-state index contributed by atoms with van der Waals surface area (Å²) in [6.07, 6.45) is 0.750. The van der Waals surface area contributed by atoms with Gasteiger partial charge in [0, 0.05) is 14.1 Å². The van der Waals surface area contributed by atoms with E-state index in [2.05, 4.69) is 0 Å². The van der Waals surface area contributed by atoms with Gasteiger partial charge in [0.05, 0.1) is 0 Å². The molecule has 0 spiro atoms. The third kappa shape index (κ3) is 19.9. The van der Waals surface area contributed by atoms with Crippen LogP contribution in [0.4, 0.5) is 0 Å². The van der Waals surface area contributed by atoms with E-state index in [4.69, 9.17) is 0 Å². The molecule has 40 valence electrons. The number of carbonyl (C=O) groups is 1. The fourth-order valence-electron chi connectivity index (χ4n) is 0. The van der Waals surface area contributed by atoms with Crippen molar-refractivity contribution in [3.63, 3.8) is 0 Å². The van der Waals surface area contributed by atoms with E-state index in [1.807, 2.05) is 0 Å². The Kier molecular flexibility index (Phi) is 22.2. The van der Waals surface area contributed by atoms with Crippen molar-refractivity contribution in [3.05, 3.63) is 0 Å². The van der Waals surface area contributed by atoms with Gasteiger partial charge in [0.1, 0.15) is 0 Å². The molecule has 0 unspecified atom stereocenters. The van der Waals surface area contributed by atoms with Crippen molar-refractivity contribution in [2.24, 2.45) is 0 Å². The monoisotopic (exact) mass is 131 g/mol. The van der Waals surface area contributed by atoms with E-state index in [1.54, 1.807) is 14.1 Å². The molecule has 0 saturated heterocycles. The molecule has 0 aromatic carbocycles. The summed E-state index contributed by atoms with van der Waals surface area (Å²) in [4.78, 5) is 10.9. The summed E-state index contributed by atoms with van der Waals surface area (Å²) in [5, 5.41) is 0. The molecule has 0 fully saturated rings. The van der Waals surface area contributed by atoms with Crippen molar-refractivity contribution in [2.45, 2.75) is 0 Å². The van der Waals surface area contributed by atoms with Crippen LogP contribution in [0.25, 0.3) is 0 Å². The number of hydrogen-bond donors (Lipinski definition) is 0. The Hall–Kier alpha value is 0.820. The summed E-state index contributed by atoms with van der Waals surface area (Å²) in [6, 6.07) is 0. The zero-order valence-electron chi connectivity index (χ0n) is 3.93. The van der Waals surface area contributed by atoms with Crippen molar-refractivity contribution in [1.29, 1.82) is 0 Å². The second-order valence-corrected chi connectivity index (χ2v) is 1.07. The molecule has 0 atom stereocenters. The summed E-state index contributed by atoms with van der Waals surface area (Å²) in [5.41, 5.74) is 0. The van der Waals surface area contributed by atoms with Gasteiger partial charge in [-0.05, 0) is 0 Å². The molecule has 0 aromatic heterocycles. The predicted molar refractivity (Wildman–Crippen MR) is 37.3 cm³/mol. The predicted octanol–water partition coefficient (Wildman–Crippen LogP) is -0.831. The summed E-state index contributed by atoms with van der Waals surface area (Å²) in [6.45, 7) is 0. The SMILES string of the molecule is CN(C)C=O.S.[NaH]. The number of amides is 1. The fourth-order valence-corrected chi connectivity index (χ4v) is 0. The van der Waals surface area contributed by atoms with Gasteiger partial charge in [-0.25, -0.2) is 0 Å². The Balaban J connectivity index is -0.0000000800. The number of rotatable bonds is 1. The molecule has 1 amide bonds. The van der Waals surface area contributed by atoms with Crippen LogP contribution in [-0.2, 0) is 4.79 Å². The summed E-state index contributed by atoms with van der Waals surface area (Å²) < 4.78 is 0. The molecule has 2 nitrogen and oxygen atoms in total. The molecule has 0 bridgehead atoms. The van der Waals surface area contributed by atoms with Crippen molar-refractivity contribution in [3.8, 4) is 0 Å². The van der Waals surface area contributed by atoms with Gasteiger partial charge in [0.2, 0.25) is 6.41 Å². The number of nitrogens with zero attached hydrogens (tertiary/aromatic N) is 1. The van der Waals surface area contributed by atoms with Gasteiger partial charge in [0.25, 0.3) is 0 Å². The van der Waals surface area contributed by atoms with Crippen LogP contribution < -0.4 is 0 Å². The van der Waals surface area contributed by atoms with E-state index < -0.39 is 0 Å². The van der Waals surface area contributed by atoms with Crippen LogP contribution in [0.1, 0.15) is 0 Å². The van der Waals surface area contributed by atoms with E-state index in [0.29, 0.717) is 0 Å². The first-order valence-electron chi connectivity index (χ1n) is 1.39. The van der Waals surface area contributed by atoms with E-state index in [0.717, 1.165) is 6.41 Å². The molecule has 0 heterocycles. The molecule has 4 heteroatoms. The topological polar surface area (TPSA) is 20.3 Å².